The van der Waals surface area contributed by atoms with Gasteiger partial charge in [-0.05, 0) is 49.3 Å². The van der Waals surface area contributed by atoms with Crippen molar-refractivity contribution < 1.29 is 14.7 Å². The largest absolute Gasteiger partial charge is 0.481 e. The maximum Gasteiger partial charge on any atom is 0.306 e. The number of pyridine rings is 1. The number of nitrogens with zero attached hydrogens (tertiary/aromatic N) is 1. The van der Waals surface area contributed by atoms with Crippen molar-refractivity contribution in [2.75, 3.05) is 6.54 Å². The third-order valence-electron chi connectivity index (χ3n) is 3.87. The number of carboxylic acids is 1. The highest BCUT2D eigenvalue weighted by Crippen LogP contribution is 2.28. The Morgan fingerprint density at radius 3 is 2.71 bits per heavy atom. The lowest BCUT2D eigenvalue weighted by Gasteiger charge is -2.25. The number of hydrogen-bond donors (Lipinski definition) is 2. The van der Waals surface area contributed by atoms with Crippen molar-refractivity contribution in [2.45, 2.75) is 25.7 Å². The van der Waals surface area contributed by atoms with E-state index < -0.39 is 5.97 Å². The average molecular weight is 288 g/mol. The molecule has 2 N–H and O–H groups in total. The van der Waals surface area contributed by atoms with Crippen LogP contribution in [0.1, 0.15) is 31.2 Å². The Balaban J connectivity index is 1.70. The molecule has 0 aromatic carbocycles. The highest BCUT2D eigenvalue weighted by molar-refractivity contribution is 5.91. The number of carboxylic acid groups (broad SMARTS) is 1. The number of aliphatic carboxylic acids is 1. The zero-order valence-electron chi connectivity index (χ0n) is 11.9. The van der Waals surface area contributed by atoms with Crippen molar-refractivity contribution in [1.82, 2.24) is 10.3 Å². The molecule has 1 aromatic heterocycles. The van der Waals surface area contributed by atoms with Crippen molar-refractivity contribution >= 4 is 18.0 Å². The highest BCUT2D eigenvalue weighted by atomic mass is 16.4. The molecule has 112 valence electrons. The summed E-state index contributed by atoms with van der Waals surface area (Å²) in [5.41, 5.74) is 0.884. The van der Waals surface area contributed by atoms with Gasteiger partial charge in [0.15, 0.2) is 0 Å². The minimum Gasteiger partial charge on any atom is -0.481 e. The molecule has 2 rings (SSSR count). The second kappa shape index (κ2) is 7.57. The van der Waals surface area contributed by atoms with Crippen molar-refractivity contribution in [3.05, 3.63) is 36.2 Å². The van der Waals surface area contributed by atoms with Gasteiger partial charge in [0, 0.05) is 25.0 Å². The molecule has 1 aromatic rings. The lowest BCUT2D eigenvalue weighted by molar-refractivity contribution is -0.143. The molecule has 1 fully saturated rings. The normalized spacial score (nSPS) is 22.1. The molecule has 21 heavy (non-hydrogen) atoms. The second-order valence-corrected chi connectivity index (χ2v) is 5.42. The van der Waals surface area contributed by atoms with Crippen molar-refractivity contribution in [3.63, 3.8) is 0 Å². The van der Waals surface area contributed by atoms with E-state index in [9.17, 15) is 9.59 Å². The van der Waals surface area contributed by atoms with Crippen LogP contribution in [0.5, 0.6) is 0 Å². The van der Waals surface area contributed by atoms with Gasteiger partial charge in [0.25, 0.3) is 0 Å². The first-order valence-electron chi connectivity index (χ1n) is 7.24. The summed E-state index contributed by atoms with van der Waals surface area (Å²) in [6, 6.07) is 3.70. The molecule has 1 heterocycles. The molecule has 0 spiro atoms. The number of carbonyl (C=O) groups excluding carboxylic acids is 1. The molecule has 0 unspecified atom stereocenters. The van der Waals surface area contributed by atoms with Gasteiger partial charge in [0.05, 0.1) is 5.92 Å². The molecule has 0 bridgehead atoms. The first kappa shape index (κ1) is 15.2. The number of amides is 1. The van der Waals surface area contributed by atoms with E-state index in [0.717, 1.165) is 18.4 Å². The third kappa shape index (κ3) is 5.02. The summed E-state index contributed by atoms with van der Waals surface area (Å²) in [6.45, 7) is 0.614. The molecule has 1 amide bonds. The van der Waals surface area contributed by atoms with Crippen LogP contribution in [0.25, 0.3) is 6.08 Å². The summed E-state index contributed by atoms with van der Waals surface area (Å²) in [4.78, 5) is 26.6. The van der Waals surface area contributed by atoms with Gasteiger partial charge in [-0.1, -0.05) is 6.07 Å². The Bertz CT molecular complexity index is 506. The number of carbonyl (C=O) groups is 2. The van der Waals surface area contributed by atoms with Crippen LogP contribution in [0.3, 0.4) is 0 Å². The Morgan fingerprint density at radius 2 is 2.10 bits per heavy atom. The van der Waals surface area contributed by atoms with Crippen molar-refractivity contribution in [3.8, 4) is 0 Å². The maximum absolute atomic E-state index is 11.7. The van der Waals surface area contributed by atoms with Crippen molar-refractivity contribution in [1.29, 1.82) is 0 Å². The summed E-state index contributed by atoms with van der Waals surface area (Å²) < 4.78 is 0. The monoisotopic (exact) mass is 288 g/mol. The lowest BCUT2D eigenvalue weighted by atomic mass is 9.82. The molecule has 0 saturated heterocycles. The first-order chi connectivity index (χ1) is 10.1. The van der Waals surface area contributed by atoms with Gasteiger partial charge in [-0.2, -0.15) is 0 Å². The zero-order chi connectivity index (χ0) is 15.1. The van der Waals surface area contributed by atoms with E-state index in [2.05, 4.69) is 10.3 Å². The number of hydrogen-bond acceptors (Lipinski definition) is 3. The fourth-order valence-electron chi connectivity index (χ4n) is 2.56. The summed E-state index contributed by atoms with van der Waals surface area (Å²) in [5.74, 6) is -0.644. The second-order valence-electron chi connectivity index (χ2n) is 5.42. The van der Waals surface area contributed by atoms with Crippen LogP contribution in [0.2, 0.25) is 0 Å². The van der Waals surface area contributed by atoms with Crippen LogP contribution in [0.4, 0.5) is 0 Å². The van der Waals surface area contributed by atoms with Gasteiger partial charge in [-0.15, -0.1) is 0 Å². The van der Waals surface area contributed by atoms with E-state index in [-0.39, 0.29) is 11.8 Å². The highest BCUT2D eigenvalue weighted by Gasteiger charge is 2.25. The Labute approximate surface area is 124 Å². The molecular weight excluding hydrogens is 268 g/mol. The topological polar surface area (TPSA) is 79.3 Å². The Hall–Kier alpha value is -2.17. The molecule has 1 aliphatic carbocycles. The molecular formula is C16H20N2O3. The van der Waals surface area contributed by atoms with Crippen molar-refractivity contribution in [2.24, 2.45) is 11.8 Å². The molecule has 5 heteroatoms. The summed E-state index contributed by atoms with van der Waals surface area (Å²) in [7, 11) is 0. The number of rotatable bonds is 5. The van der Waals surface area contributed by atoms with E-state index in [1.165, 1.54) is 6.08 Å². The van der Waals surface area contributed by atoms with Crippen LogP contribution in [0, 0.1) is 11.8 Å². The Kier molecular flexibility index (Phi) is 5.49. The number of nitrogens with one attached hydrogen (secondary N) is 1. The van der Waals surface area contributed by atoms with E-state index in [1.807, 2.05) is 12.1 Å². The van der Waals surface area contributed by atoms with Gasteiger partial charge in [0.2, 0.25) is 5.91 Å². The minimum atomic E-state index is -0.697. The fraction of sp³-hybridized carbons (Fsp3) is 0.438. The first-order valence-corrected chi connectivity index (χ1v) is 7.24. The number of aromatic nitrogens is 1. The van der Waals surface area contributed by atoms with Crippen LogP contribution in [0.15, 0.2) is 30.6 Å². The van der Waals surface area contributed by atoms with Crippen LogP contribution < -0.4 is 5.32 Å². The molecule has 1 saturated carbocycles. The van der Waals surface area contributed by atoms with Gasteiger partial charge >= 0.3 is 5.97 Å². The fourth-order valence-corrected chi connectivity index (χ4v) is 2.56. The van der Waals surface area contributed by atoms with Gasteiger partial charge in [-0.3, -0.25) is 14.6 Å². The predicted octanol–water partition coefficient (Wildman–Crippen LogP) is 2.10. The maximum atomic E-state index is 11.7. The minimum absolute atomic E-state index is 0.126. The SMILES string of the molecule is O=C(C=Cc1cccnc1)NCC1CCC(C(=O)O)CC1. The van der Waals surface area contributed by atoms with E-state index in [0.29, 0.717) is 25.3 Å². The molecule has 0 radical (unpaired) electrons. The molecule has 0 atom stereocenters. The average Bonchev–Trinajstić information content (AvgIpc) is 2.52. The molecule has 1 aliphatic rings. The summed E-state index contributed by atoms with van der Waals surface area (Å²) in [6.07, 6.45) is 9.75. The molecule has 5 nitrogen and oxygen atoms in total. The van der Waals surface area contributed by atoms with Gasteiger partial charge < -0.3 is 10.4 Å². The third-order valence-corrected chi connectivity index (χ3v) is 3.87. The molecule has 0 aliphatic heterocycles. The predicted molar refractivity (Wildman–Crippen MR) is 79.4 cm³/mol. The van der Waals surface area contributed by atoms with E-state index in [1.54, 1.807) is 18.5 Å². The Morgan fingerprint density at radius 1 is 1.33 bits per heavy atom. The summed E-state index contributed by atoms with van der Waals surface area (Å²) in [5, 5.41) is 11.8. The summed E-state index contributed by atoms with van der Waals surface area (Å²) >= 11 is 0. The van der Waals surface area contributed by atoms with Crippen LogP contribution in [-0.4, -0.2) is 28.5 Å². The van der Waals surface area contributed by atoms with E-state index in [4.69, 9.17) is 5.11 Å². The quantitative estimate of drug-likeness (QED) is 0.813. The van der Waals surface area contributed by atoms with Crippen LogP contribution in [-0.2, 0) is 9.59 Å². The smallest absolute Gasteiger partial charge is 0.306 e. The van der Waals surface area contributed by atoms with E-state index >= 15 is 0 Å². The van der Waals surface area contributed by atoms with Gasteiger partial charge in [0.1, 0.15) is 0 Å². The van der Waals surface area contributed by atoms with Gasteiger partial charge in [-0.25, -0.2) is 0 Å². The lowest BCUT2D eigenvalue weighted by Crippen LogP contribution is -2.31. The zero-order valence-corrected chi connectivity index (χ0v) is 11.9. The van der Waals surface area contributed by atoms with Crippen LogP contribution >= 0.6 is 0 Å². The standard InChI is InChI=1S/C16H20N2O3/c19-15(8-5-12-2-1-9-17-10-12)18-11-13-3-6-14(7-4-13)16(20)21/h1-2,5,8-10,13-14H,3-4,6-7,11H2,(H,18,19)(H,20,21).